The van der Waals surface area contributed by atoms with Crippen molar-refractivity contribution in [1.29, 1.82) is 0 Å². The Bertz CT molecular complexity index is 451. The topological polar surface area (TPSA) is 38.9 Å². The van der Waals surface area contributed by atoms with Gasteiger partial charge in [0.1, 0.15) is 0 Å². The van der Waals surface area contributed by atoms with Gasteiger partial charge in [0, 0.05) is 16.0 Å². The Balaban J connectivity index is 2.18. The Kier molecular flexibility index (Phi) is 3.28. The van der Waals surface area contributed by atoms with Crippen molar-refractivity contribution in [2.24, 2.45) is 0 Å². The van der Waals surface area contributed by atoms with Crippen LogP contribution in [-0.2, 0) is 6.42 Å². The van der Waals surface area contributed by atoms with Crippen molar-refractivity contribution in [3.05, 3.63) is 35.3 Å². The molecule has 2 rings (SSSR count). The summed E-state index contributed by atoms with van der Waals surface area (Å²) in [5, 5.41) is 2.10. The average molecular weight is 236 g/mol. The fourth-order valence-corrected chi connectivity index (χ4v) is 3.08. The zero-order valence-electron chi connectivity index (χ0n) is 8.43. The third-order valence-electron chi connectivity index (χ3n) is 2.01. The number of nitrogen functional groups attached to an aromatic ring is 1. The van der Waals surface area contributed by atoms with Crippen LogP contribution in [0.15, 0.2) is 38.9 Å². The van der Waals surface area contributed by atoms with Crippen LogP contribution in [0.5, 0.6) is 0 Å². The van der Waals surface area contributed by atoms with Crippen molar-refractivity contribution < 1.29 is 0 Å². The summed E-state index contributed by atoms with van der Waals surface area (Å²) in [6.45, 7) is 2.11. The number of aryl methyl sites for hydroxylation is 1. The van der Waals surface area contributed by atoms with E-state index in [-0.39, 0.29) is 0 Å². The Morgan fingerprint density at radius 1 is 1.40 bits per heavy atom. The monoisotopic (exact) mass is 236 g/mol. The third kappa shape index (κ3) is 2.52. The molecule has 0 spiro atoms. The first-order chi connectivity index (χ1) is 7.29. The molecule has 0 fully saturated rings. The molecule has 0 aliphatic rings. The van der Waals surface area contributed by atoms with E-state index in [1.54, 1.807) is 23.1 Å². The van der Waals surface area contributed by atoms with Crippen LogP contribution in [-0.4, -0.2) is 4.98 Å². The molecule has 78 valence electrons. The number of benzene rings is 1. The van der Waals surface area contributed by atoms with Gasteiger partial charge in [0.05, 0.1) is 5.69 Å². The molecular formula is C11H12N2S2. The van der Waals surface area contributed by atoms with Gasteiger partial charge in [0.15, 0.2) is 4.34 Å². The highest BCUT2D eigenvalue weighted by Gasteiger charge is 2.04. The van der Waals surface area contributed by atoms with E-state index in [0.717, 1.165) is 27.0 Å². The molecule has 2 aromatic rings. The highest BCUT2D eigenvalue weighted by atomic mass is 32.2. The lowest BCUT2D eigenvalue weighted by atomic mass is 10.3. The van der Waals surface area contributed by atoms with Crippen LogP contribution in [0.25, 0.3) is 0 Å². The van der Waals surface area contributed by atoms with Gasteiger partial charge in [-0.25, -0.2) is 4.98 Å². The quantitative estimate of drug-likeness (QED) is 0.830. The molecule has 2 nitrogen and oxygen atoms in total. The van der Waals surface area contributed by atoms with Gasteiger partial charge in [-0.05, 0) is 18.6 Å². The van der Waals surface area contributed by atoms with Gasteiger partial charge >= 0.3 is 0 Å². The van der Waals surface area contributed by atoms with Gasteiger partial charge in [-0.1, -0.05) is 30.8 Å². The summed E-state index contributed by atoms with van der Waals surface area (Å²) < 4.78 is 1.06. The summed E-state index contributed by atoms with van der Waals surface area (Å²) in [7, 11) is 0. The summed E-state index contributed by atoms with van der Waals surface area (Å²) in [5.74, 6) is 0. The molecule has 2 N–H and O–H groups in total. The molecular weight excluding hydrogens is 224 g/mol. The van der Waals surface area contributed by atoms with Crippen LogP contribution in [0.3, 0.4) is 0 Å². The Hall–Kier alpha value is -1.00. The molecule has 1 aromatic heterocycles. The van der Waals surface area contributed by atoms with E-state index < -0.39 is 0 Å². The number of rotatable bonds is 3. The number of hydrogen-bond donors (Lipinski definition) is 1. The number of para-hydroxylation sites is 1. The lowest BCUT2D eigenvalue weighted by molar-refractivity contribution is 1.02. The van der Waals surface area contributed by atoms with E-state index in [9.17, 15) is 0 Å². The standard InChI is InChI=1S/C11H12N2S2/c1-2-8-7-14-11(13-8)15-10-6-4-3-5-9(10)12/h3-7H,2,12H2,1H3. The van der Waals surface area contributed by atoms with Crippen LogP contribution in [0, 0.1) is 0 Å². The van der Waals surface area contributed by atoms with E-state index in [0.29, 0.717) is 0 Å². The van der Waals surface area contributed by atoms with Crippen LogP contribution in [0.1, 0.15) is 12.6 Å². The Morgan fingerprint density at radius 3 is 2.87 bits per heavy atom. The van der Waals surface area contributed by atoms with Crippen LogP contribution < -0.4 is 5.73 Å². The normalized spacial score (nSPS) is 10.5. The number of aromatic nitrogens is 1. The Labute approximate surface area is 97.5 Å². The van der Waals surface area contributed by atoms with Crippen molar-refractivity contribution in [3.8, 4) is 0 Å². The fraction of sp³-hybridized carbons (Fsp3) is 0.182. The predicted molar refractivity (Wildman–Crippen MR) is 66.5 cm³/mol. The first kappa shape index (κ1) is 10.5. The van der Waals surface area contributed by atoms with Crippen molar-refractivity contribution in [3.63, 3.8) is 0 Å². The van der Waals surface area contributed by atoms with Gasteiger partial charge in [-0.2, -0.15) is 0 Å². The summed E-state index contributed by atoms with van der Waals surface area (Å²) >= 11 is 3.31. The van der Waals surface area contributed by atoms with Gasteiger partial charge in [0.25, 0.3) is 0 Å². The van der Waals surface area contributed by atoms with E-state index in [4.69, 9.17) is 5.73 Å². The minimum atomic E-state index is 0.816. The average Bonchev–Trinajstić information content (AvgIpc) is 2.69. The second-order valence-corrected chi connectivity index (χ2v) is 5.25. The maximum absolute atomic E-state index is 5.86. The first-order valence-electron chi connectivity index (χ1n) is 4.76. The summed E-state index contributed by atoms with van der Waals surface area (Å²) in [6, 6.07) is 7.87. The van der Waals surface area contributed by atoms with Crippen molar-refractivity contribution in [1.82, 2.24) is 4.98 Å². The van der Waals surface area contributed by atoms with Crippen molar-refractivity contribution in [2.45, 2.75) is 22.6 Å². The van der Waals surface area contributed by atoms with Gasteiger partial charge in [0.2, 0.25) is 0 Å². The molecule has 0 amide bonds. The second kappa shape index (κ2) is 4.68. The molecule has 1 aromatic carbocycles. The zero-order valence-corrected chi connectivity index (χ0v) is 10.1. The minimum Gasteiger partial charge on any atom is -0.398 e. The van der Waals surface area contributed by atoms with E-state index in [1.165, 1.54) is 0 Å². The van der Waals surface area contributed by atoms with Gasteiger partial charge in [-0.15, -0.1) is 11.3 Å². The summed E-state index contributed by atoms with van der Waals surface area (Å²) in [5.41, 5.74) is 7.83. The van der Waals surface area contributed by atoms with E-state index in [1.807, 2.05) is 24.3 Å². The van der Waals surface area contributed by atoms with Crippen molar-refractivity contribution in [2.75, 3.05) is 5.73 Å². The number of thiazole rings is 1. The SMILES string of the molecule is CCc1csc(Sc2ccccc2N)n1. The van der Waals surface area contributed by atoms with Crippen molar-refractivity contribution >= 4 is 28.8 Å². The molecule has 15 heavy (non-hydrogen) atoms. The molecule has 0 unspecified atom stereocenters. The predicted octanol–water partition coefficient (Wildman–Crippen LogP) is 3.44. The first-order valence-corrected chi connectivity index (χ1v) is 6.46. The maximum atomic E-state index is 5.86. The van der Waals surface area contributed by atoms with Crippen LogP contribution in [0.2, 0.25) is 0 Å². The summed E-state index contributed by atoms with van der Waals surface area (Å²) in [6.07, 6.45) is 0.987. The lowest BCUT2D eigenvalue weighted by Gasteiger charge is -2.00. The Morgan fingerprint density at radius 2 is 2.20 bits per heavy atom. The zero-order chi connectivity index (χ0) is 10.7. The van der Waals surface area contributed by atoms with Crippen LogP contribution >= 0.6 is 23.1 Å². The molecule has 0 aliphatic heterocycles. The molecule has 0 saturated heterocycles. The van der Waals surface area contributed by atoms with E-state index >= 15 is 0 Å². The largest absolute Gasteiger partial charge is 0.398 e. The van der Waals surface area contributed by atoms with E-state index in [2.05, 4.69) is 17.3 Å². The fourth-order valence-electron chi connectivity index (χ4n) is 1.17. The maximum Gasteiger partial charge on any atom is 0.154 e. The minimum absolute atomic E-state index is 0.816. The molecule has 0 saturated carbocycles. The number of nitrogens with two attached hydrogens (primary N) is 1. The number of hydrogen-bond acceptors (Lipinski definition) is 4. The molecule has 0 radical (unpaired) electrons. The molecule has 0 bridgehead atoms. The molecule has 0 aliphatic carbocycles. The van der Waals surface area contributed by atoms with Gasteiger partial charge in [-0.3, -0.25) is 0 Å². The smallest absolute Gasteiger partial charge is 0.154 e. The molecule has 0 atom stereocenters. The highest BCUT2D eigenvalue weighted by molar-refractivity contribution is 8.01. The lowest BCUT2D eigenvalue weighted by Crippen LogP contribution is -1.86. The number of anilines is 1. The highest BCUT2D eigenvalue weighted by Crippen LogP contribution is 2.33. The number of nitrogens with zero attached hydrogens (tertiary/aromatic N) is 1. The second-order valence-electron chi connectivity index (χ2n) is 3.10. The summed E-state index contributed by atoms with van der Waals surface area (Å²) in [4.78, 5) is 5.57. The molecule has 1 heterocycles. The third-order valence-corrected chi connectivity index (χ3v) is 4.09. The van der Waals surface area contributed by atoms with Gasteiger partial charge < -0.3 is 5.73 Å². The van der Waals surface area contributed by atoms with Crippen LogP contribution in [0.4, 0.5) is 5.69 Å². The molecule has 4 heteroatoms.